The fourth-order valence-electron chi connectivity index (χ4n) is 0.858. The number of amides is 1. The van der Waals surface area contributed by atoms with Crippen molar-refractivity contribution in [2.45, 2.75) is 0 Å². The molecule has 0 heterocycles. The standard InChI is InChI=1S/C10H11NO3Se/c1-11(2)10(14)15-8-5-3-7(4-6-8)9(12)13/h3-6H,1-2H3,(H,12,13). The topological polar surface area (TPSA) is 57.6 Å². The van der Waals surface area contributed by atoms with Crippen LogP contribution in [0.25, 0.3) is 0 Å². The number of carboxylic acids is 1. The van der Waals surface area contributed by atoms with Crippen LogP contribution in [0.3, 0.4) is 0 Å². The van der Waals surface area contributed by atoms with Crippen molar-refractivity contribution in [3.63, 3.8) is 0 Å². The predicted octanol–water partition coefficient (Wildman–Crippen LogP) is 0.396. The number of nitrogens with zero attached hydrogens (tertiary/aromatic N) is 1. The summed E-state index contributed by atoms with van der Waals surface area (Å²) in [6.07, 6.45) is 0. The number of carbonyl (C=O) groups is 2. The van der Waals surface area contributed by atoms with E-state index in [-0.39, 0.29) is 25.3 Å². The van der Waals surface area contributed by atoms with Crippen LogP contribution >= 0.6 is 0 Å². The summed E-state index contributed by atoms with van der Waals surface area (Å²) in [5.74, 6) is -0.951. The molecule has 0 aliphatic carbocycles. The maximum atomic E-state index is 11.4. The Hall–Kier alpha value is -1.32. The Balaban J connectivity index is 2.73. The molecular formula is C10H11NO3Se. The first-order valence-corrected chi connectivity index (χ1v) is 5.94. The molecule has 1 aromatic carbocycles. The minimum absolute atomic E-state index is 0.0607. The van der Waals surface area contributed by atoms with Crippen molar-refractivity contribution in [3.05, 3.63) is 29.8 Å². The van der Waals surface area contributed by atoms with Gasteiger partial charge in [-0.05, 0) is 0 Å². The molecule has 1 amide bonds. The van der Waals surface area contributed by atoms with Gasteiger partial charge in [0.2, 0.25) is 0 Å². The number of benzene rings is 1. The molecule has 0 saturated heterocycles. The SMILES string of the molecule is CN(C)C(=O)[Se]c1ccc(C(=O)O)cc1. The molecule has 4 nitrogen and oxygen atoms in total. The summed E-state index contributed by atoms with van der Waals surface area (Å²) in [4.78, 5) is 23.5. The molecule has 1 N–H and O–H groups in total. The van der Waals surface area contributed by atoms with Gasteiger partial charge in [0.1, 0.15) is 0 Å². The first kappa shape index (κ1) is 11.8. The Bertz CT molecular complexity index is 373. The molecule has 0 aliphatic heterocycles. The predicted molar refractivity (Wildman–Crippen MR) is 57.9 cm³/mol. The Morgan fingerprint density at radius 3 is 2.13 bits per heavy atom. The average Bonchev–Trinajstić information content (AvgIpc) is 2.18. The molecule has 0 radical (unpaired) electrons. The van der Waals surface area contributed by atoms with E-state index in [1.54, 1.807) is 26.2 Å². The van der Waals surface area contributed by atoms with Crippen molar-refractivity contribution in [3.8, 4) is 0 Å². The van der Waals surface area contributed by atoms with Crippen molar-refractivity contribution in [1.29, 1.82) is 0 Å². The third-order valence-corrected chi connectivity index (χ3v) is 3.87. The van der Waals surface area contributed by atoms with Crippen LogP contribution in [0.5, 0.6) is 0 Å². The van der Waals surface area contributed by atoms with Gasteiger partial charge < -0.3 is 0 Å². The summed E-state index contributed by atoms with van der Waals surface area (Å²) in [6.45, 7) is 0. The zero-order chi connectivity index (χ0) is 11.4. The molecule has 5 heteroatoms. The fourth-order valence-corrected chi connectivity index (χ4v) is 2.23. The normalized spacial score (nSPS) is 9.73. The van der Waals surface area contributed by atoms with Gasteiger partial charge in [-0.1, -0.05) is 0 Å². The summed E-state index contributed by atoms with van der Waals surface area (Å²) in [6, 6.07) is 6.40. The zero-order valence-electron chi connectivity index (χ0n) is 8.43. The van der Waals surface area contributed by atoms with E-state index in [0.29, 0.717) is 0 Å². The number of carbonyl (C=O) groups excluding carboxylic acids is 1. The van der Waals surface area contributed by atoms with Gasteiger partial charge in [-0.25, -0.2) is 0 Å². The van der Waals surface area contributed by atoms with E-state index in [4.69, 9.17) is 5.11 Å². The van der Waals surface area contributed by atoms with Gasteiger partial charge in [-0.3, -0.25) is 0 Å². The number of rotatable bonds is 3. The molecule has 0 spiro atoms. The van der Waals surface area contributed by atoms with Crippen molar-refractivity contribution < 1.29 is 14.7 Å². The van der Waals surface area contributed by atoms with E-state index in [1.165, 1.54) is 17.0 Å². The Labute approximate surface area is 94.0 Å². The van der Waals surface area contributed by atoms with Crippen LogP contribution in [0.4, 0.5) is 4.79 Å². The molecule has 1 aromatic rings. The van der Waals surface area contributed by atoms with Crippen molar-refractivity contribution in [2.24, 2.45) is 0 Å². The van der Waals surface area contributed by atoms with Gasteiger partial charge in [0.25, 0.3) is 0 Å². The van der Waals surface area contributed by atoms with Crippen LogP contribution < -0.4 is 4.46 Å². The van der Waals surface area contributed by atoms with Crippen LogP contribution in [0.1, 0.15) is 10.4 Å². The number of hydrogen-bond acceptors (Lipinski definition) is 2. The van der Waals surface area contributed by atoms with Gasteiger partial charge in [-0.15, -0.1) is 0 Å². The maximum absolute atomic E-state index is 11.4. The summed E-state index contributed by atoms with van der Waals surface area (Å²) < 4.78 is 0.881. The molecule has 0 unspecified atom stereocenters. The molecule has 15 heavy (non-hydrogen) atoms. The summed E-state index contributed by atoms with van der Waals surface area (Å²) in [7, 11) is 3.41. The van der Waals surface area contributed by atoms with Crippen LogP contribution in [0, 0.1) is 0 Å². The van der Waals surface area contributed by atoms with Gasteiger partial charge in [0, 0.05) is 0 Å². The fraction of sp³-hybridized carbons (Fsp3) is 0.200. The monoisotopic (exact) mass is 273 g/mol. The third-order valence-electron chi connectivity index (χ3n) is 1.67. The second-order valence-corrected chi connectivity index (χ2v) is 5.24. The van der Waals surface area contributed by atoms with E-state index in [9.17, 15) is 9.59 Å². The van der Waals surface area contributed by atoms with Crippen LogP contribution in [-0.4, -0.2) is 49.8 Å². The molecule has 0 aliphatic rings. The van der Waals surface area contributed by atoms with Gasteiger partial charge >= 0.3 is 93.7 Å². The number of aromatic carboxylic acids is 1. The van der Waals surface area contributed by atoms with Crippen molar-refractivity contribution >= 4 is 30.2 Å². The molecular weight excluding hydrogens is 261 g/mol. The van der Waals surface area contributed by atoms with E-state index >= 15 is 0 Å². The first-order chi connectivity index (χ1) is 7.00. The number of hydrogen-bond donors (Lipinski definition) is 1. The third kappa shape index (κ3) is 3.38. The van der Waals surface area contributed by atoms with E-state index in [0.717, 1.165) is 4.46 Å². The van der Waals surface area contributed by atoms with E-state index < -0.39 is 5.97 Å². The quantitative estimate of drug-likeness (QED) is 0.810. The second-order valence-electron chi connectivity index (χ2n) is 3.09. The van der Waals surface area contributed by atoms with E-state index in [1.807, 2.05) is 0 Å². The molecule has 0 aromatic heterocycles. The zero-order valence-corrected chi connectivity index (χ0v) is 10.1. The molecule has 0 saturated carbocycles. The Morgan fingerprint density at radius 2 is 1.73 bits per heavy atom. The van der Waals surface area contributed by atoms with Gasteiger partial charge in [-0.2, -0.15) is 0 Å². The summed E-state index contributed by atoms with van der Waals surface area (Å²) >= 11 is -0.277. The molecule has 0 atom stereocenters. The van der Waals surface area contributed by atoms with Crippen LogP contribution in [-0.2, 0) is 0 Å². The first-order valence-electron chi connectivity index (χ1n) is 4.23. The van der Waals surface area contributed by atoms with Crippen LogP contribution in [0.2, 0.25) is 0 Å². The molecule has 0 bridgehead atoms. The van der Waals surface area contributed by atoms with Crippen molar-refractivity contribution in [1.82, 2.24) is 4.90 Å². The van der Waals surface area contributed by atoms with E-state index in [2.05, 4.69) is 0 Å². The average molecular weight is 272 g/mol. The number of carboxylic acid groups (broad SMARTS) is 1. The molecule has 80 valence electrons. The minimum atomic E-state index is -0.951. The molecule has 1 rings (SSSR count). The van der Waals surface area contributed by atoms with Crippen LogP contribution in [0.15, 0.2) is 24.3 Å². The summed E-state index contributed by atoms with van der Waals surface area (Å²) in [5, 5.41) is 8.68. The molecule has 0 fully saturated rings. The van der Waals surface area contributed by atoms with Gasteiger partial charge in [0.15, 0.2) is 0 Å². The van der Waals surface area contributed by atoms with Gasteiger partial charge in [0.05, 0.1) is 0 Å². The summed E-state index contributed by atoms with van der Waals surface area (Å²) in [5.41, 5.74) is 0.242. The Morgan fingerprint density at radius 1 is 1.20 bits per heavy atom. The second kappa shape index (κ2) is 4.96. The Kier molecular flexibility index (Phi) is 3.88. The van der Waals surface area contributed by atoms with Crippen molar-refractivity contribution in [2.75, 3.05) is 14.1 Å².